The molecule has 0 aromatic heterocycles. The Hall–Kier alpha value is -1.33. The topological polar surface area (TPSA) is 35.8 Å². The van der Waals surface area contributed by atoms with Crippen molar-refractivity contribution >= 4 is 0 Å². The van der Waals surface area contributed by atoms with Crippen molar-refractivity contribution in [3.8, 4) is 6.07 Å². The maximum Gasteiger partial charge on any atom is 0.115 e. The molecule has 0 unspecified atom stereocenters. The molecule has 0 aliphatic heterocycles. The van der Waals surface area contributed by atoms with Crippen LogP contribution in [0.5, 0.6) is 0 Å². The number of hydrogen-bond donors (Lipinski definition) is 1. The number of benzene rings is 1. The van der Waals surface area contributed by atoms with Crippen LogP contribution in [0.25, 0.3) is 0 Å². The van der Waals surface area contributed by atoms with Gasteiger partial charge in [-0.25, -0.2) is 0 Å². The Labute approximate surface area is 109 Å². The number of rotatable bonds is 2. The smallest absolute Gasteiger partial charge is 0.115 e. The zero-order valence-electron chi connectivity index (χ0n) is 10.8. The predicted octanol–water partition coefficient (Wildman–Crippen LogP) is 2.97. The first-order valence-electron chi connectivity index (χ1n) is 7.07. The maximum atomic E-state index is 9.61. The third-order valence-corrected chi connectivity index (χ3v) is 4.40. The molecule has 0 spiro atoms. The van der Waals surface area contributed by atoms with Gasteiger partial charge in [-0.2, -0.15) is 5.26 Å². The van der Waals surface area contributed by atoms with Crippen molar-refractivity contribution < 1.29 is 0 Å². The summed E-state index contributed by atoms with van der Waals surface area (Å²) in [6.45, 7) is 0. The standard InChI is InChI=1S/C16H20N2/c17-12-16(18-15-8-2-1-3-9-15)10-13-6-4-5-7-14(13)11-16/h4-7,15,18H,1-3,8-11H2. The minimum atomic E-state index is -0.342. The van der Waals surface area contributed by atoms with E-state index in [1.54, 1.807) is 0 Å². The number of nitriles is 1. The molecule has 1 saturated carbocycles. The number of nitrogens with zero attached hydrogens (tertiary/aromatic N) is 1. The molecule has 1 aromatic carbocycles. The molecule has 1 aromatic rings. The van der Waals surface area contributed by atoms with Gasteiger partial charge in [0.25, 0.3) is 0 Å². The lowest BCUT2D eigenvalue weighted by Crippen LogP contribution is -2.50. The molecule has 2 aliphatic rings. The molecule has 1 N–H and O–H groups in total. The lowest BCUT2D eigenvalue weighted by atomic mass is 9.90. The van der Waals surface area contributed by atoms with Crippen LogP contribution in [0.3, 0.4) is 0 Å². The maximum absolute atomic E-state index is 9.61. The van der Waals surface area contributed by atoms with Crippen LogP contribution in [0, 0.1) is 11.3 Å². The zero-order chi connectivity index (χ0) is 12.4. The van der Waals surface area contributed by atoms with E-state index in [0.717, 1.165) is 12.8 Å². The van der Waals surface area contributed by atoms with E-state index in [2.05, 4.69) is 35.7 Å². The minimum Gasteiger partial charge on any atom is -0.296 e. The first-order chi connectivity index (χ1) is 8.81. The van der Waals surface area contributed by atoms with Crippen LogP contribution in [0.2, 0.25) is 0 Å². The predicted molar refractivity (Wildman–Crippen MR) is 72.2 cm³/mol. The number of nitrogens with one attached hydrogen (secondary N) is 1. The average Bonchev–Trinajstić information content (AvgIpc) is 2.78. The second-order valence-electron chi connectivity index (χ2n) is 5.80. The van der Waals surface area contributed by atoms with E-state index in [1.165, 1.54) is 43.2 Å². The normalized spacial score (nSPS) is 22.4. The summed E-state index contributed by atoms with van der Waals surface area (Å²) in [4.78, 5) is 0. The molecular weight excluding hydrogens is 220 g/mol. The van der Waals surface area contributed by atoms with Crippen LogP contribution >= 0.6 is 0 Å². The van der Waals surface area contributed by atoms with Gasteiger partial charge in [-0.05, 0) is 24.0 Å². The van der Waals surface area contributed by atoms with Gasteiger partial charge in [-0.1, -0.05) is 43.5 Å². The van der Waals surface area contributed by atoms with Crippen molar-refractivity contribution in [2.45, 2.75) is 56.5 Å². The van der Waals surface area contributed by atoms with Crippen molar-refractivity contribution in [2.75, 3.05) is 0 Å². The monoisotopic (exact) mass is 240 g/mol. The number of hydrogen-bond acceptors (Lipinski definition) is 2. The van der Waals surface area contributed by atoms with Crippen LogP contribution in [0.1, 0.15) is 43.2 Å². The lowest BCUT2D eigenvalue weighted by molar-refractivity contribution is 0.300. The van der Waals surface area contributed by atoms with Crippen molar-refractivity contribution in [1.29, 1.82) is 5.26 Å². The van der Waals surface area contributed by atoms with E-state index < -0.39 is 0 Å². The fourth-order valence-electron chi connectivity index (χ4n) is 3.47. The molecule has 2 aliphatic carbocycles. The summed E-state index contributed by atoms with van der Waals surface area (Å²) in [7, 11) is 0. The molecule has 18 heavy (non-hydrogen) atoms. The van der Waals surface area contributed by atoms with Gasteiger partial charge >= 0.3 is 0 Å². The van der Waals surface area contributed by atoms with E-state index in [-0.39, 0.29) is 5.54 Å². The molecule has 0 atom stereocenters. The molecule has 0 heterocycles. The third-order valence-electron chi connectivity index (χ3n) is 4.40. The van der Waals surface area contributed by atoms with Crippen LogP contribution < -0.4 is 5.32 Å². The fourth-order valence-corrected chi connectivity index (χ4v) is 3.47. The SMILES string of the molecule is N#CC1(NC2CCCCC2)Cc2ccccc2C1. The highest BCUT2D eigenvalue weighted by atomic mass is 15.0. The second-order valence-corrected chi connectivity index (χ2v) is 5.80. The highest BCUT2D eigenvalue weighted by Crippen LogP contribution is 2.31. The van der Waals surface area contributed by atoms with Crippen molar-refractivity contribution in [3.05, 3.63) is 35.4 Å². The Morgan fingerprint density at radius 2 is 1.67 bits per heavy atom. The number of fused-ring (bicyclic) bond motifs is 1. The van der Waals surface area contributed by atoms with Crippen LogP contribution in [-0.4, -0.2) is 11.6 Å². The Morgan fingerprint density at radius 3 is 2.22 bits per heavy atom. The van der Waals surface area contributed by atoms with Crippen molar-refractivity contribution in [1.82, 2.24) is 5.32 Å². The van der Waals surface area contributed by atoms with Crippen LogP contribution in [0.15, 0.2) is 24.3 Å². The fraction of sp³-hybridized carbons (Fsp3) is 0.562. The van der Waals surface area contributed by atoms with E-state index in [4.69, 9.17) is 0 Å². The van der Waals surface area contributed by atoms with E-state index in [0.29, 0.717) is 6.04 Å². The first-order valence-corrected chi connectivity index (χ1v) is 7.07. The van der Waals surface area contributed by atoms with Gasteiger partial charge in [0.2, 0.25) is 0 Å². The minimum absolute atomic E-state index is 0.342. The van der Waals surface area contributed by atoms with Gasteiger partial charge < -0.3 is 0 Å². The second kappa shape index (κ2) is 4.74. The molecule has 0 amide bonds. The van der Waals surface area contributed by atoms with Crippen LogP contribution in [0.4, 0.5) is 0 Å². The average molecular weight is 240 g/mol. The van der Waals surface area contributed by atoms with Gasteiger partial charge in [0.05, 0.1) is 6.07 Å². The Bertz CT molecular complexity index is 441. The third kappa shape index (κ3) is 2.15. The van der Waals surface area contributed by atoms with Gasteiger partial charge in [-0.15, -0.1) is 0 Å². The zero-order valence-corrected chi connectivity index (χ0v) is 10.8. The molecule has 94 valence electrons. The summed E-state index contributed by atoms with van der Waals surface area (Å²) in [5.41, 5.74) is 2.36. The first kappa shape index (κ1) is 11.7. The van der Waals surface area contributed by atoms with E-state index in [1.807, 2.05) is 0 Å². The van der Waals surface area contributed by atoms with Crippen molar-refractivity contribution in [2.24, 2.45) is 0 Å². The lowest BCUT2D eigenvalue weighted by Gasteiger charge is -2.31. The Kier molecular flexibility index (Phi) is 3.09. The summed E-state index contributed by atoms with van der Waals surface area (Å²) < 4.78 is 0. The molecule has 2 heteroatoms. The Balaban J connectivity index is 1.75. The molecule has 0 radical (unpaired) electrons. The molecule has 2 nitrogen and oxygen atoms in total. The molecule has 0 bridgehead atoms. The largest absolute Gasteiger partial charge is 0.296 e. The highest BCUT2D eigenvalue weighted by Gasteiger charge is 2.38. The molecule has 3 rings (SSSR count). The molecule has 0 saturated heterocycles. The van der Waals surface area contributed by atoms with Gasteiger partial charge in [0.1, 0.15) is 5.54 Å². The molecule has 1 fully saturated rings. The van der Waals surface area contributed by atoms with Gasteiger partial charge in [0.15, 0.2) is 0 Å². The van der Waals surface area contributed by atoms with E-state index >= 15 is 0 Å². The summed E-state index contributed by atoms with van der Waals surface area (Å²) in [5.74, 6) is 0. The van der Waals surface area contributed by atoms with Crippen LogP contribution in [-0.2, 0) is 12.8 Å². The Morgan fingerprint density at radius 1 is 1.06 bits per heavy atom. The summed E-state index contributed by atoms with van der Waals surface area (Å²) in [6, 6.07) is 11.6. The van der Waals surface area contributed by atoms with Gasteiger partial charge in [-0.3, -0.25) is 5.32 Å². The summed E-state index contributed by atoms with van der Waals surface area (Å²) in [5, 5.41) is 13.3. The highest BCUT2D eigenvalue weighted by molar-refractivity contribution is 5.39. The van der Waals surface area contributed by atoms with Gasteiger partial charge in [0, 0.05) is 18.9 Å². The van der Waals surface area contributed by atoms with E-state index in [9.17, 15) is 5.26 Å². The van der Waals surface area contributed by atoms with Crippen molar-refractivity contribution in [3.63, 3.8) is 0 Å². The molecular formula is C16H20N2. The summed E-state index contributed by atoms with van der Waals surface area (Å²) in [6.07, 6.45) is 8.20. The summed E-state index contributed by atoms with van der Waals surface area (Å²) >= 11 is 0. The quantitative estimate of drug-likeness (QED) is 0.862.